The van der Waals surface area contributed by atoms with Crippen LogP contribution in [0.2, 0.25) is 0 Å². The van der Waals surface area contributed by atoms with Gasteiger partial charge in [-0.05, 0) is 12.8 Å². The number of urea groups is 1. The standard InChI is InChI=1S/C13H19F3N4O/c1-20-8-10(11(19-20)13(14,15)16)18-12(21)17-9-6-4-2-3-5-7-9/h8-9H,2-7H2,1H3,(H2,17,18,21). The van der Waals surface area contributed by atoms with Gasteiger partial charge < -0.3 is 10.6 Å². The number of carbonyl (C=O) groups is 1. The van der Waals surface area contributed by atoms with E-state index in [-0.39, 0.29) is 11.7 Å². The molecule has 2 N–H and O–H groups in total. The van der Waals surface area contributed by atoms with E-state index < -0.39 is 17.9 Å². The molecule has 21 heavy (non-hydrogen) atoms. The Morgan fingerprint density at radius 3 is 2.48 bits per heavy atom. The summed E-state index contributed by atoms with van der Waals surface area (Å²) >= 11 is 0. The molecule has 0 bridgehead atoms. The van der Waals surface area contributed by atoms with Crippen molar-refractivity contribution in [1.82, 2.24) is 15.1 Å². The topological polar surface area (TPSA) is 59.0 Å². The highest BCUT2D eigenvalue weighted by atomic mass is 19.4. The molecule has 0 saturated heterocycles. The number of aromatic nitrogens is 2. The highest BCUT2D eigenvalue weighted by Gasteiger charge is 2.37. The fraction of sp³-hybridized carbons (Fsp3) is 0.692. The molecule has 2 amide bonds. The van der Waals surface area contributed by atoms with Crippen LogP contribution in [0.5, 0.6) is 0 Å². The van der Waals surface area contributed by atoms with Crippen LogP contribution in [0.25, 0.3) is 0 Å². The molecular formula is C13H19F3N4O. The summed E-state index contributed by atoms with van der Waals surface area (Å²) in [5.74, 6) is 0. The van der Waals surface area contributed by atoms with Crippen molar-refractivity contribution < 1.29 is 18.0 Å². The zero-order chi connectivity index (χ0) is 15.5. The predicted octanol–water partition coefficient (Wildman–Crippen LogP) is 3.28. The van der Waals surface area contributed by atoms with E-state index in [1.54, 1.807) is 0 Å². The zero-order valence-electron chi connectivity index (χ0n) is 11.8. The number of halogens is 3. The summed E-state index contributed by atoms with van der Waals surface area (Å²) < 4.78 is 39.4. The van der Waals surface area contributed by atoms with E-state index in [2.05, 4.69) is 15.7 Å². The van der Waals surface area contributed by atoms with E-state index in [4.69, 9.17) is 0 Å². The number of rotatable bonds is 2. The van der Waals surface area contributed by atoms with Gasteiger partial charge in [-0.1, -0.05) is 25.7 Å². The Kier molecular flexibility index (Phi) is 4.74. The number of nitrogens with one attached hydrogen (secondary N) is 2. The molecule has 1 aliphatic carbocycles. The van der Waals surface area contributed by atoms with Gasteiger partial charge in [0.2, 0.25) is 0 Å². The third-order valence-corrected chi connectivity index (χ3v) is 3.54. The molecule has 0 unspecified atom stereocenters. The highest BCUT2D eigenvalue weighted by Crippen LogP contribution is 2.33. The Balaban J connectivity index is 1.99. The van der Waals surface area contributed by atoms with Gasteiger partial charge in [-0.2, -0.15) is 18.3 Å². The smallest absolute Gasteiger partial charge is 0.335 e. The Bertz CT molecular complexity index is 490. The number of anilines is 1. The van der Waals surface area contributed by atoms with E-state index in [1.165, 1.54) is 7.05 Å². The number of alkyl halides is 3. The van der Waals surface area contributed by atoms with Gasteiger partial charge in [-0.25, -0.2) is 4.79 Å². The third-order valence-electron chi connectivity index (χ3n) is 3.54. The monoisotopic (exact) mass is 304 g/mol. The molecule has 0 radical (unpaired) electrons. The van der Waals surface area contributed by atoms with E-state index in [0.29, 0.717) is 0 Å². The van der Waals surface area contributed by atoms with Crippen molar-refractivity contribution in [3.05, 3.63) is 11.9 Å². The summed E-state index contributed by atoms with van der Waals surface area (Å²) in [6, 6.07) is -0.584. The third kappa shape index (κ3) is 4.37. The number of aryl methyl sites for hydroxylation is 1. The van der Waals surface area contributed by atoms with Crippen molar-refractivity contribution in [3.63, 3.8) is 0 Å². The SMILES string of the molecule is Cn1cc(NC(=O)NC2CCCCCC2)c(C(F)(F)F)n1. The molecule has 1 aromatic heterocycles. The van der Waals surface area contributed by atoms with Crippen LogP contribution in [0.1, 0.15) is 44.2 Å². The fourth-order valence-electron chi connectivity index (χ4n) is 2.56. The largest absolute Gasteiger partial charge is 0.437 e. The van der Waals surface area contributed by atoms with Crippen LogP contribution < -0.4 is 10.6 Å². The van der Waals surface area contributed by atoms with Crippen molar-refractivity contribution in [2.75, 3.05) is 5.32 Å². The molecule has 1 heterocycles. The van der Waals surface area contributed by atoms with Crippen LogP contribution >= 0.6 is 0 Å². The van der Waals surface area contributed by atoms with E-state index in [0.717, 1.165) is 49.4 Å². The number of carbonyl (C=O) groups excluding carboxylic acids is 1. The number of amides is 2. The van der Waals surface area contributed by atoms with Gasteiger partial charge in [0.25, 0.3) is 0 Å². The highest BCUT2D eigenvalue weighted by molar-refractivity contribution is 5.90. The molecule has 8 heteroatoms. The minimum Gasteiger partial charge on any atom is -0.335 e. The van der Waals surface area contributed by atoms with Gasteiger partial charge in [0.15, 0.2) is 5.69 Å². The van der Waals surface area contributed by atoms with Crippen molar-refractivity contribution in [2.45, 2.75) is 50.7 Å². The lowest BCUT2D eigenvalue weighted by atomic mass is 10.1. The molecule has 0 aliphatic heterocycles. The average Bonchev–Trinajstić information content (AvgIpc) is 2.59. The van der Waals surface area contributed by atoms with Gasteiger partial charge in [0.1, 0.15) is 0 Å². The summed E-state index contributed by atoms with van der Waals surface area (Å²) in [6.45, 7) is 0. The Morgan fingerprint density at radius 2 is 1.90 bits per heavy atom. The number of nitrogens with zero attached hydrogens (tertiary/aromatic N) is 2. The van der Waals surface area contributed by atoms with Crippen molar-refractivity contribution in [1.29, 1.82) is 0 Å². The summed E-state index contributed by atoms with van der Waals surface area (Å²) in [5, 5.41) is 8.34. The summed E-state index contributed by atoms with van der Waals surface area (Å²) in [5.41, 5.74) is -1.41. The molecule has 1 saturated carbocycles. The predicted molar refractivity (Wildman–Crippen MR) is 71.9 cm³/mol. The van der Waals surface area contributed by atoms with Gasteiger partial charge in [-0.15, -0.1) is 0 Å². The molecule has 1 aliphatic rings. The van der Waals surface area contributed by atoms with Crippen LogP contribution in [0.4, 0.5) is 23.7 Å². The summed E-state index contributed by atoms with van der Waals surface area (Å²) in [6.07, 6.45) is 2.64. The molecule has 2 rings (SSSR count). The Hall–Kier alpha value is -1.73. The fourth-order valence-corrected chi connectivity index (χ4v) is 2.56. The van der Waals surface area contributed by atoms with Gasteiger partial charge >= 0.3 is 12.2 Å². The van der Waals surface area contributed by atoms with Gasteiger partial charge in [0.05, 0.1) is 5.69 Å². The second-order valence-corrected chi connectivity index (χ2v) is 5.35. The van der Waals surface area contributed by atoms with Crippen molar-refractivity contribution >= 4 is 11.7 Å². The van der Waals surface area contributed by atoms with Gasteiger partial charge in [-0.3, -0.25) is 4.68 Å². The normalized spacial score (nSPS) is 17.3. The Labute approximate surface area is 120 Å². The van der Waals surface area contributed by atoms with E-state index >= 15 is 0 Å². The Morgan fingerprint density at radius 1 is 1.29 bits per heavy atom. The lowest BCUT2D eigenvalue weighted by molar-refractivity contribution is -0.140. The van der Waals surface area contributed by atoms with Crippen LogP contribution in [-0.4, -0.2) is 21.9 Å². The second kappa shape index (κ2) is 6.36. The van der Waals surface area contributed by atoms with Gasteiger partial charge in [0, 0.05) is 19.3 Å². The molecular weight excluding hydrogens is 285 g/mol. The molecule has 118 valence electrons. The maximum absolute atomic E-state index is 12.8. The first-order valence-electron chi connectivity index (χ1n) is 7.04. The van der Waals surface area contributed by atoms with E-state index in [9.17, 15) is 18.0 Å². The lowest BCUT2D eigenvalue weighted by Gasteiger charge is -2.16. The quantitative estimate of drug-likeness (QED) is 0.824. The lowest BCUT2D eigenvalue weighted by Crippen LogP contribution is -2.37. The average molecular weight is 304 g/mol. The minimum absolute atomic E-state index is 0.0264. The molecule has 0 spiro atoms. The van der Waals surface area contributed by atoms with Crippen LogP contribution in [0.3, 0.4) is 0 Å². The number of hydrogen-bond acceptors (Lipinski definition) is 2. The van der Waals surface area contributed by atoms with Crippen LogP contribution in [0.15, 0.2) is 6.20 Å². The molecule has 1 fully saturated rings. The first-order chi connectivity index (χ1) is 9.86. The number of hydrogen-bond donors (Lipinski definition) is 2. The van der Waals surface area contributed by atoms with Crippen molar-refractivity contribution in [3.8, 4) is 0 Å². The maximum atomic E-state index is 12.8. The molecule has 5 nitrogen and oxygen atoms in total. The molecule has 0 aromatic carbocycles. The minimum atomic E-state index is -4.59. The zero-order valence-corrected chi connectivity index (χ0v) is 11.8. The molecule has 0 atom stereocenters. The first-order valence-corrected chi connectivity index (χ1v) is 7.04. The maximum Gasteiger partial charge on any atom is 0.437 e. The first kappa shape index (κ1) is 15.7. The molecule has 1 aromatic rings. The summed E-state index contributed by atoms with van der Waals surface area (Å²) in [4.78, 5) is 11.9. The van der Waals surface area contributed by atoms with Crippen molar-refractivity contribution in [2.24, 2.45) is 7.05 Å². The summed E-state index contributed by atoms with van der Waals surface area (Å²) in [7, 11) is 1.38. The van der Waals surface area contributed by atoms with E-state index in [1.807, 2.05) is 0 Å². The second-order valence-electron chi connectivity index (χ2n) is 5.35. The van der Waals surface area contributed by atoms with Crippen LogP contribution in [0, 0.1) is 0 Å². The van der Waals surface area contributed by atoms with Crippen LogP contribution in [-0.2, 0) is 13.2 Å².